The number of ether oxygens (including phenoxy) is 2. The largest absolute Gasteiger partial charge is 0.454 e. The number of anilines is 3. The number of nitrogens with zero attached hydrogens (tertiary/aromatic N) is 2. The van der Waals surface area contributed by atoms with Gasteiger partial charge in [-0.2, -0.15) is 0 Å². The van der Waals surface area contributed by atoms with Crippen molar-refractivity contribution in [1.29, 1.82) is 0 Å². The van der Waals surface area contributed by atoms with Gasteiger partial charge in [-0.1, -0.05) is 12.1 Å². The highest BCUT2D eigenvalue weighted by Crippen LogP contribution is 2.34. The lowest BCUT2D eigenvalue weighted by Gasteiger charge is -2.23. The van der Waals surface area contributed by atoms with Crippen LogP contribution in [0.2, 0.25) is 0 Å². The Kier molecular flexibility index (Phi) is 4.85. The van der Waals surface area contributed by atoms with Crippen LogP contribution in [0.25, 0.3) is 0 Å². The van der Waals surface area contributed by atoms with E-state index in [9.17, 15) is 4.79 Å². The number of pyridine rings is 1. The second-order valence-corrected chi connectivity index (χ2v) is 6.54. The molecule has 0 unspecified atom stereocenters. The van der Waals surface area contributed by atoms with Gasteiger partial charge in [0.15, 0.2) is 11.5 Å². The minimum atomic E-state index is -0.228. The topological polar surface area (TPSA) is 63.7 Å². The maximum atomic E-state index is 12.7. The van der Waals surface area contributed by atoms with Crippen LogP contribution in [0.3, 0.4) is 0 Å². The summed E-state index contributed by atoms with van der Waals surface area (Å²) in [6.07, 6.45) is 3.33. The average Bonchev–Trinajstić information content (AvgIpc) is 3.17. The summed E-state index contributed by atoms with van der Waals surface area (Å²) in [7, 11) is 0. The fraction of sp³-hybridized carbons (Fsp3) is 0.182. The SMILES string of the molecule is CCN(c1cccc(C)c1)c1cncc(C(=O)Nc2ccc3c(c2)OCO3)c1. The summed E-state index contributed by atoms with van der Waals surface area (Å²) in [5, 5.41) is 2.89. The zero-order chi connectivity index (χ0) is 19.5. The molecule has 6 nitrogen and oxygen atoms in total. The molecule has 0 radical (unpaired) electrons. The lowest BCUT2D eigenvalue weighted by atomic mass is 10.1. The van der Waals surface area contributed by atoms with Crippen molar-refractivity contribution in [3.63, 3.8) is 0 Å². The molecule has 1 aromatic heterocycles. The summed E-state index contributed by atoms with van der Waals surface area (Å²) < 4.78 is 10.7. The van der Waals surface area contributed by atoms with E-state index in [2.05, 4.69) is 47.2 Å². The van der Waals surface area contributed by atoms with Gasteiger partial charge in [0.05, 0.1) is 17.4 Å². The predicted molar refractivity (Wildman–Crippen MR) is 109 cm³/mol. The van der Waals surface area contributed by atoms with E-state index in [1.807, 2.05) is 12.1 Å². The van der Waals surface area contributed by atoms with E-state index in [0.717, 1.165) is 17.9 Å². The van der Waals surface area contributed by atoms with Crippen LogP contribution in [-0.2, 0) is 0 Å². The molecule has 0 fully saturated rings. The van der Waals surface area contributed by atoms with Gasteiger partial charge in [0.1, 0.15) is 0 Å². The molecule has 0 bridgehead atoms. The molecule has 28 heavy (non-hydrogen) atoms. The molecule has 6 heteroatoms. The lowest BCUT2D eigenvalue weighted by Crippen LogP contribution is -2.18. The number of carbonyl (C=O) groups excluding carboxylic acids is 1. The van der Waals surface area contributed by atoms with Gasteiger partial charge in [-0.25, -0.2) is 0 Å². The summed E-state index contributed by atoms with van der Waals surface area (Å²) in [5.74, 6) is 1.08. The Labute approximate surface area is 163 Å². The molecule has 1 aliphatic heterocycles. The molecule has 1 aliphatic rings. The molecular formula is C22H21N3O3. The van der Waals surface area contributed by atoms with Gasteiger partial charge in [0.2, 0.25) is 6.79 Å². The number of amides is 1. The third-order valence-corrected chi connectivity index (χ3v) is 4.56. The number of rotatable bonds is 5. The Morgan fingerprint density at radius 3 is 2.75 bits per heavy atom. The first-order valence-corrected chi connectivity index (χ1v) is 9.14. The van der Waals surface area contributed by atoms with E-state index >= 15 is 0 Å². The molecule has 0 saturated heterocycles. The van der Waals surface area contributed by atoms with Crippen molar-refractivity contribution in [2.45, 2.75) is 13.8 Å². The Morgan fingerprint density at radius 1 is 1.07 bits per heavy atom. The van der Waals surface area contributed by atoms with Crippen LogP contribution in [-0.4, -0.2) is 24.2 Å². The standard InChI is InChI=1S/C22H21N3O3/c1-3-25(18-6-4-5-15(2)9-18)19-10-16(12-23-13-19)22(26)24-17-7-8-20-21(11-17)28-14-27-20/h4-13H,3,14H2,1-2H3,(H,24,26). The number of hydrogen-bond acceptors (Lipinski definition) is 5. The molecule has 3 aromatic rings. The number of fused-ring (bicyclic) bond motifs is 1. The smallest absolute Gasteiger partial charge is 0.257 e. The summed E-state index contributed by atoms with van der Waals surface area (Å²) >= 11 is 0. The Balaban J connectivity index is 1.56. The highest BCUT2D eigenvalue weighted by atomic mass is 16.7. The van der Waals surface area contributed by atoms with Crippen LogP contribution in [0.15, 0.2) is 60.9 Å². The van der Waals surface area contributed by atoms with Crippen molar-refractivity contribution >= 4 is 23.0 Å². The third kappa shape index (κ3) is 3.62. The number of hydrogen-bond donors (Lipinski definition) is 1. The molecule has 2 aromatic carbocycles. The summed E-state index contributed by atoms with van der Waals surface area (Å²) in [4.78, 5) is 19.1. The van der Waals surface area contributed by atoms with E-state index in [-0.39, 0.29) is 12.7 Å². The minimum Gasteiger partial charge on any atom is -0.454 e. The first kappa shape index (κ1) is 17.9. The lowest BCUT2D eigenvalue weighted by molar-refractivity contribution is 0.102. The van der Waals surface area contributed by atoms with Gasteiger partial charge in [0, 0.05) is 30.2 Å². The number of aromatic nitrogens is 1. The van der Waals surface area contributed by atoms with E-state index in [0.29, 0.717) is 22.7 Å². The fourth-order valence-corrected chi connectivity index (χ4v) is 3.19. The molecule has 0 saturated carbocycles. The van der Waals surface area contributed by atoms with Crippen molar-refractivity contribution in [3.8, 4) is 11.5 Å². The van der Waals surface area contributed by atoms with Crippen molar-refractivity contribution in [2.24, 2.45) is 0 Å². The van der Waals surface area contributed by atoms with Crippen molar-refractivity contribution in [2.75, 3.05) is 23.6 Å². The van der Waals surface area contributed by atoms with Gasteiger partial charge in [-0.15, -0.1) is 0 Å². The number of carbonyl (C=O) groups is 1. The Bertz CT molecular complexity index is 1020. The van der Waals surface area contributed by atoms with E-state index in [1.54, 1.807) is 30.6 Å². The maximum absolute atomic E-state index is 12.7. The Morgan fingerprint density at radius 2 is 1.93 bits per heavy atom. The first-order chi connectivity index (χ1) is 13.6. The van der Waals surface area contributed by atoms with Gasteiger partial charge in [-0.05, 0) is 49.7 Å². The Hall–Kier alpha value is -3.54. The molecule has 4 rings (SSSR count). The zero-order valence-electron chi connectivity index (χ0n) is 15.8. The van der Waals surface area contributed by atoms with Crippen molar-refractivity contribution < 1.29 is 14.3 Å². The van der Waals surface area contributed by atoms with Crippen LogP contribution in [0.5, 0.6) is 11.5 Å². The van der Waals surface area contributed by atoms with Gasteiger partial charge in [-0.3, -0.25) is 9.78 Å². The second kappa shape index (κ2) is 7.60. The number of aryl methyl sites for hydroxylation is 1. The molecule has 1 N–H and O–H groups in total. The summed E-state index contributed by atoms with van der Waals surface area (Å²) in [6.45, 7) is 5.09. The van der Waals surface area contributed by atoms with E-state index in [1.165, 1.54) is 5.56 Å². The van der Waals surface area contributed by atoms with Crippen LogP contribution >= 0.6 is 0 Å². The highest BCUT2D eigenvalue weighted by molar-refractivity contribution is 6.04. The summed E-state index contributed by atoms with van der Waals surface area (Å²) in [6, 6.07) is 15.4. The van der Waals surface area contributed by atoms with Gasteiger partial charge < -0.3 is 19.7 Å². The van der Waals surface area contributed by atoms with Gasteiger partial charge in [0.25, 0.3) is 5.91 Å². The maximum Gasteiger partial charge on any atom is 0.257 e. The number of nitrogens with one attached hydrogen (secondary N) is 1. The van der Waals surface area contributed by atoms with Crippen molar-refractivity contribution in [3.05, 3.63) is 72.1 Å². The van der Waals surface area contributed by atoms with Crippen LogP contribution < -0.4 is 19.7 Å². The summed E-state index contributed by atoms with van der Waals surface area (Å²) in [5.41, 5.74) is 4.25. The average molecular weight is 375 g/mol. The predicted octanol–water partition coefficient (Wildman–Crippen LogP) is 4.53. The molecule has 0 aliphatic carbocycles. The van der Waals surface area contributed by atoms with Crippen LogP contribution in [0, 0.1) is 6.92 Å². The number of benzene rings is 2. The molecule has 1 amide bonds. The second-order valence-electron chi connectivity index (χ2n) is 6.54. The van der Waals surface area contributed by atoms with E-state index < -0.39 is 0 Å². The molecule has 2 heterocycles. The molecule has 142 valence electrons. The van der Waals surface area contributed by atoms with Crippen LogP contribution in [0.1, 0.15) is 22.8 Å². The molecule has 0 spiro atoms. The van der Waals surface area contributed by atoms with Crippen molar-refractivity contribution in [1.82, 2.24) is 4.98 Å². The monoisotopic (exact) mass is 375 g/mol. The third-order valence-electron chi connectivity index (χ3n) is 4.56. The van der Waals surface area contributed by atoms with Gasteiger partial charge >= 0.3 is 0 Å². The normalized spacial score (nSPS) is 11.9. The van der Waals surface area contributed by atoms with E-state index in [4.69, 9.17) is 9.47 Å². The zero-order valence-corrected chi connectivity index (χ0v) is 15.8. The van der Waals surface area contributed by atoms with Crippen LogP contribution in [0.4, 0.5) is 17.1 Å². The quantitative estimate of drug-likeness (QED) is 0.710. The molecular weight excluding hydrogens is 354 g/mol. The minimum absolute atomic E-state index is 0.199. The first-order valence-electron chi connectivity index (χ1n) is 9.14. The highest BCUT2D eigenvalue weighted by Gasteiger charge is 2.16. The molecule has 0 atom stereocenters. The fourth-order valence-electron chi connectivity index (χ4n) is 3.19.